The van der Waals surface area contributed by atoms with Gasteiger partial charge in [-0.25, -0.2) is 4.99 Å². The average Bonchev–Trinajstić information content (AvgIpc) is 3.30. The summed E-state index contributed by atoms with van der Waals surface area (Å²) in [6.45, 7) is 0.982. The summed E-state index contributed by atoms with van der Waals surface area (Å²) in [6, 6.07) is 15.9. The first kappa shape index (κ1) is 15.2. The highest BCUT2D eigenvalue weighted by atomic mass is 16.6. The number of ether oxygens (including phenoxy) is 3. The summed E-state index contributed by atoms with van der Waals surface area (Å²) in [4.78, 5) is 4.65. The van der Waals surface area contributed by atoms with Crippen molar-refractivity contribution in [2.45, 2.75) is 24.2 Å². The van der Waals surface area contributed by atoms with Crippen LogP contribution in [0.5, 0.6) is 5.75 Å². The highest BCUT2D eigenvalue weighted by molar-refractivity contribution is 5.76. The Hall–Kier alpha value is -3.04. The van der Waals surface area contributed by atoms with Crippen LogP contribution in [0.3, 0.4) is 0 Å². The van der Waals surface area contributed by atoms with E-state index in [1.54, 1.807) is 6.07 Å². The number of rotatable bonds is 1. The molecule has 0 bridgehead atoms. The fourth-order valence-electron chi connectivity index (χ4n) is 4.10. The number of fused-ring (bicyclic) bond motifs is 4. The zero-order chi connectivity index (χ0) is 17.7. The van der Waals surface area contributed by atoms with Crippen molar-refractivity contribution < 1.29 is 14.2 Å². The number of hydrogen-bond acceptors (Lipinski definition) is 6. The third-order valence-corrected chi connectivity index (χ3v) is 5.31. The van der Waals surface area contributed by atoms with Gasteiger partial charge in [-0.05, 0) is 35.4 Å². The number of nitrogens with two attached hydrogens (primary N) is 1. The fourth-order valence-corrected chi connectivity index (χ4v) is 4.10. The number of nitrogens with zero attached hydrogens (tertiary/aromatic N) is 2. The van der Waals surface area contributed by atoms with Crippen molar-refractivity contribution in [3.05, 3.63) is 53.6 Å². The highest BCUT2D eigenvalue weighted by Crippen LogP contribution is 2.49. The molecule has 0 saturated carbocycles. The highest BCUT2D eigenvalue weighted by Gasteiger charge is 2.56. The second kappa shape index (κ2) is 5.48. The zero-order valence-corrected chi connectivity index (χ0v) is 14.0. The Morgan fingerprint density at radius 2 is 2.08 bits per heavy atom. The first-order valence-corrected chi connectivity index (χ1v) is 8.61. The normalized spacial score (nSPS) is 28.5. The number of aliphatic imine (C=N–C) groups is 1. The molecule has 1 fully saturated rings. The molecule has 1 saturated heterocycles. The van der Waals surface area contributed by atoms with Crippen molar-refractivity contribution >= 4 is 6.02 Å². The van der Waals surface area contributed by atoms with Gasteiger partial charge < -0.3 is 19.9 Å². The Morgan fingerprint density at radius 1 is 1.19 bits per heavy atom. The van der Waals surface area contributed by atoms with Crippen LogP contribution < -0.4 is 10.5 Å². The number of amidine groups is 1. The molecule has 0 radical (unpaired) electrons. The molecule has 6 nitrogen and oxygen atoms in total. The largest absolute Gasteiger partial charge is 0.487 e. The standard InChI is InChI=1S/C20H17N3O3/c21-10-12-2-1-3-13(8-12)14-4-5-16-15(9-14)20(11-25-19(22)23-20)18-17(26-16)6-7-24-18/h1-5,8-9,17-18H,6-7,11H2,(H2,22,23)/t17-,18+,20-/m0/s1. The van der Waals surface area contributed by atoms with Gasteiger partial charge in [-0.3, -0.25) is 0 Å². The minimum Gasteiger partial charge on any atom is -0.487 e. The molecule has 3 atom stereocenters. The summed E-state index contributed by atoms with van der Waals surface area (Å²) in [5.74, 6) is 0.791. The van der Waals surface area contributed by atoms with Gasteiger partial charge in [0.1, 0.15) is 24.6 Å². The summed E-state index contributed by atoms with van der Waals surface area (Å²) >= 11 is 0. The van der Waals surface area contributed by atoms with E-state index in [1.807, 2.05) is 30.3 Å². The van der Waals surface area contributed by atoms with E-state index in [4.69, 9.17) is 25.2 Å². The van der Waals surface area contributed by atoms with E-state index in [-0.39, 0.29) is 18.2 Å². The third-order valence-electron chi connectivity index (χ3n) is 5.31. The SMILES string of the molecule is N#Cc1cccc(-c2ccc3c(c2)[C@@]2(COC(N)=N2)[C@@H]2OCC[C@@H]2O3)c1. The summed E-state index contributed by atoms with van der Waals surface area (Å²) in [5.41, 5.74) is 8.68. The second-order valence-electron chi connectivity index (χ2n) is 6.80. The van der Waals surface area contributed by atoms with Crippen LogP contribution >= 0.6 is 0 Å². The van der Waals surface area contributed by atoms with E-state index in [0.29, 0.717) is 18.8 Å². The molecule has 26 heavy (non-hydrogen) atoms. The molecule has 0 aliphatic carbocycles. The van der Waals surface area contributed by atoms with E-state index in [2.05, 4.69) is 17.1 Å². The van der Waals surface area contributed by atoms with Gasteiger partial charge in [0.25, 0.3) is 6.02 Å². The van der Waals surface area contributed by atoms with Gasteiger partial charge in [-0.15, -0.1) is 0 Å². The van der Waals surface area contributed by atoms with Crippen molar-refractivity contribution in [1.29, 1.82) is 5.26 Å². The van der Waals surface area contributed by atoms with Gasteiger partial charge in [-0.1, -0.05) is 18.2 Å². The molecular formula is C20H17N3O3. The van der Waals surface area contributed by atoms with Crippen molar-refractivity contribution in [3.8, 4) is 22.9 Å². The van der Waals surface area contributed by atoms with E-state index in [1.165, 1.54) is 0 Å². The molecule has 3 aliphatic rings. The van der Waals surface area contributed by atoms with Crippen LogP contribution in [0.4, 0.5) is 0 Å². The van der Waals surface area contributed by atoms with Gasteiger partial charge in [0.15, 0.2) is 5.54 Å². The molecule has 3 heterocycles. The van der Waals surface area contributed by atoms with Gasteiger partial charge in [0.05, 0.1) is 18.2 Å². The lowest BCUT2D eigenvalue weighted by molar-refractivity contribution is -0.0284. The summed E-state index contributed by atoms with van der Waals surface area (Å²) < 4.78 is 17.7. The van der Waals surface area contributed by atoms with Crippen molar-refractivity contribution in [1.82, 2.24) is 0 Å². The fraction of sp³-hybridized carbons (Fsp3) is 0.300. The maximum Gasteiger partial charge on any atom is 0.283 e. The number of benzene rings is 2. The second-order valence-corrected chi connectivity index (χ2v) is 6.80. The molecule has 0 amide bonds. The van der Waals surface area contributed by atoms with Crippen molar-refractivity contribution in [2.24, 2.45) is 10.7 Å². The molecule has 6 heteroatoms. The van der Waals surface area contributed by atoms with Crippen LogP contribution in [0, 0.1) is 11.3 Å². The molecular weight excluding hydrogens is 330 g/mol. The monoisotopic (exact) mass is 347 g/mol. The van der Waals surface area contributed by atoms with E-state index < -0.39 is 5.54 Å². The van der Waals surface area contributed by atoms with Crippen LogP contribution in [0.1, 0.15) is 17.5 Å². The molecule has 0 unspecified atom stereocenters. The molecule has 2 N–H and O–H groups in total. The quantitative estimate of drug-likeness (QED) is 0.855. The molecule has 3 aliphatic heterocycles. The minimum absolute atomic E-state index is 0.0477. The van der Waals surface area contributed by atoms with Crippen LogP contribution in [0.2, 0.25) is 0 Å². The number of nitriles is 1. The predicted octanol–water partition coefficient (Wildman–Crippen LogP) is 2.32. The molecule has 2 aromatic carbocycles. The van der Waals surface area contributed by atoms with Crippen LogP contribution in [0.15, 0.2) is 47.5 Å². The first-order valence-electron chi connectivity index (χ1n) is 8.61. The Morgan fingerprint density at radius 3 is 2.88 bits per heavy atom. The Balaban J connectivity index is 1.67. The lowest BCUT2D eigenvalue weighted by atomic mass is 9.79. The summed E-state index contributed by atoms with van der Waals surface area (Å²) in [5, 5.41) is 9.17. The maximum absolute atomic E-state index is 9.17. The summed E-state index contributed by atoms with van der Waals surface area (Å²) in [6.07, 6.45) is 0.568. The third kappa shape index (κ3) is 2.11. The molecule has 5 rings (SSSR count). The predicted molar refractivity (Wildman–Crippen MR) is 94.6 cm³/mol. The van der Waals surface area contributed by atoms with Crippen molar-refractivity contribution in [3.63, 3.8) is 0 Å². The average molecular weight is 347 g/mol. The van der Waals surface area contributed by atoms with Crippen LogP contribution in [0.25, 0.3) is 11.1 Å². The molecule has 0 aromatic heterocycles. The molecule has 1 spiro atoms. The van der Waals surface area contributed by atoms with E-state index >= 15 is 0 Å². The van der Waals surface area contributed by atoms with Gasteiger partial charge >= 0.3 is 0 Å². The molecule has 130 valence electrons. The maximum atomic E-state index is 9.17. The lowest BCUT2D eigenvalue weighted by Gasteiger charge is -2.39. The van der Waals surface area contributed by atoms with E-state index in [0.717, 1.165) is 28.9 Å². The smallest absolute Gasteiger partial charge is 0.283 e. The summed E-state index contributed by atoms with van der Waals surface area (Å²) in [7, 11) is 0. The Kier molecular flexibility index (Phi) is 3.21. The zero-order valence-electron chi connectivity index (χ0n) is 14.0. The molecule has 2 aromatic rings. The Bertz CT molecular complexity index is 965. The van der Waals surface area contributed by atoms with E-state index in [9.17, 15) is 0 Å². The number of hydrogen-bond donors (Lipinski definition) is 1. The topological polar surface area (TPSA) is 89.9 Å². The van der Waals surface area contributed by atoms with Gasteiger partial charge in [0, 0.05) is 12.0 Å². The van der Waals surface area contributed by atoms with Crippen LogP contribution in [-0.2, 0) is 15.0 Å². The van der Waals surface area contributed by atoms with Gasteiger partial charge in [0.2, 0.25) is 0 Å². The lowest BCUT2D eigenvalue weighted by Crippen LogP contribution is -2.50. The first-order chi connectivity index (χ1) is 12.7. The minimum atomic E-state index is -0.679. The van der Waals surface area contributed by atoms with Crippen LogP contribution in [-0.4, -0.2) is 31.4 Å². The van der Waals surface area contributed by atoms with Crippen molar-refractivity contribution in [2.75, 3.05) is 13.2 Å². The Labute approximate surface area is 150 Å². The van der Waals surface area contributed by atoms with Gasteiger partial charge in [-0.2, -0.15) is 5.26 Å².